The fourth-order valence-electron chi connectivity index (χ4n) is 2.46. The number of fused-ring (bicyclic) bond motifs is 1. The molecule has 0 radical (unpaired) electrons. The zero-order valence-corrected chi connectivity index (χ0v) is 13.6. The molecule has 6 nitrogen and oxygen atoms in total. The van der Waals surface area contributed by atoms with Crippen LogP contribution in [0.25, 0.3) is 11.3 Å². The van der Waals surface area contributed by atoms with Crippen LogP contribution in [-0.2, 0) is 6.54 Å². The van der Waals surface area contributed by atoms with Gasteiger partial charge in [-0.3, -0.25) is 9.48 Å². The first-order chi connectivity index (χ1) is 11.1. The molecule has 1 aromatic heterocycles. The van der Waals surface area contributed by atoms with Crippen molar-refractivity contribution in [1.29, 1.82) is 0 Å². The molecule has 2 aromatic rings. The van der Waals surface area contributed by atoms with Crippen LogP contribution in [0.4, 0.5) is 0 Å². The predicted molar refractivity (Wildman–Crippen MR) is 86.7 cm³/mol. The average Bonchev–Trinajstić information content (AvgIpc) is 3.20. The standard InChI is InChI=1S/C17H21N3O3/c1-4-11(3)18-17(21)13-9-14(20(5-2)19-13)12-6-7-15-16(8-12)23-10-22-15/h6-9,11H,4-5,10H2,1-3H3,(H,18,21)/t11-/m1/s1. The number of hydrogen-bond acceptors (Lipinski definition) is 4. The number of hydrogen-bond donors (Lipinski definition) is 1. The van der Waals surface area contributed by atoms with Crippen LogP contribution in [0.15, 0.2) is 24.3 Å². The van der Waals surface area contributed by atoms with E-state index in [1.807, 2.05) is 49.7 Å². The Morgan fingerprint density at radius 1 is 1.30 bits per heavy atom. The number of benzene rings is 1. The van der Waals surface area contributed by atoms with Crippen molar-refractivity contribution in [2.45, 2.75) is 39.8 Å². The molecule has 1 atom stereocenters. The summed E-state index contributed by atoms with van der Waals surface area (Å²) in [5.41, 5.74) is 2.27. The molecule has 6 heteroatoms. The second-order valence-electron chi connectivity index (χ2n) is 5.58. The van der Waals surface area contributed by atoms with Crippen LogP contribution in [0.3, 0.4) is 0 Å². The van der Waals surface area contributed by atoms with E-state index in [-0.39, 0.29) is 18.7 Å². The Hall–Kier alpha value is -2.50. The third kappa shape index (κ3) is 3.02. The second-order valence-corrected chi connectivity index (χ2v) is 5.58. The molecule has 3 rings (SSSR count). The molecule has 1 N–H and O–H groups in total. The molecule has 1 aliphatic rings. The van der Waals surface area contributed by atoms with Crippen molar-refractivity contribution in [2.24, 2.45) is 0 Å². The number of amides is 1. The maximum atomic E-state index is 12.3. The summed E-state index contributed by atoms with van der Waals surface area (Å²) < 4.78 is 12.6. The van der Waals surface area contributed by atoms with E-state index in [9.17, 15) is 4.79 Å². The highest BCUT2D eigenvalue weighted by Crippen LogP contribution is 2.36. The lowest BCUT2D eigenvalue weighted by atomic mass is 10.1. The summed E-state index contributed by atoms with van der Waals surface area (Å²) in [5.74, 6) is 1.32. The van der Waals surface area contributed by atoms with E-state index in [2.05, 4.69) is 10.4 Å². The Balaban J connectivity index is 1.92. The SMILES string of the molecule is CC[C@@H](C)NC(=O)c1cc(-c2ccc3c(c2)OCO3)n(CC)n1. The van der Waals surface area contributed by atoms with Crippen molar-refractivity contribution < 1.29 is 14.3 Å². The lowest BCUT2D eigenvalue weighted by molar-refractivity contribution is 0.0933. The minimum absolute atomic E-state index is 0.128. The van der Waals surface area contributed by atoms with Crippen molar-refractivity contribution in [3.63, 3.8) is 0 Å². The van der Waals surface area contributed by atoms with Gasteiger partial charge in [-0.05, 0) is 44.5 Å². The normalized spacial score (nSPS) is 13.9. The molecule has 0 aliphatic carbocycles. The largest absolute Gasteiger partial charge is 0.454 e. The van der Waals surface area contributed by atoms with E-state index in [0.29, 0.717) is 12.2 Å². The predicted octanol–water partition coefficient (Wildman–Crippen LogP) is 2.83. The van der Waals surface area contributed by atoms with Crippen LogP contribution in [0, 0.1) is 0 Å². The van der Waals surface area contributed by atoms with Gasteiger partial charge in [0.05, 0.1) is 5.69 Å². The maximum absolute atomic E-state index is 12.3. The van der Waals surface area contributed by atoms with Gasteiger partial charge >= 0.3 is 0 Å². The highest BCUT2D eigenvalue weighted by atomic mass is 16.7. The molecule has 0 fully saturated rings. The second kappa shape index (κ2) is 6.32. The number of aromatic nitrogens is 2. The van der Waals surface area contributed by atoms with Crippen LogP contribution in [0.2, 0.25) is 0 Å². The van der Waals surface area contributed by atoms with Gasteiger partial charge in [-0.15, -0.1) is 0 Å². The number of carbonyl (C=O) groups is 1. The van der Waals surface area contributed by atoms with Crippen LogP contribution < -0.4 is 14.8 Å². The summed E-state index contributed by atoms with van der Waals surface area (Å²) in [6.07, 6.45) is 0.884. The lowest BCUT2D eigenvalue weighted by Gasteiger charge is -2.09. The van der Waals surface area contributed by atoms with Gasteiger partial charge in [-0.2, -0.15) is 5.10 Å². The molecule has 1 aromatic carbocycles. The summed E-state index contributed by atoms with van der Waals surface area (Å²) in [7, 11) is 0. The topological polar surface area (TPSA) is 65.4 Å². The average molecular weight is 315 g/mol. The summed E-state index contributed by atoms with van der Waals surface area (Å²) >= 11 is 0. The molecule has 23 heavy (non-hydrogen) atoms. The van der Waals surface area contributed by atoms with Gasteiger partial charge in [-0.1, -0.05) is 6.92 Å². The zero-order chi connectivity index (χ0) is 16.4. The fraction of sp³-hybridized carbons (Fsp3) is 0.412. The molecule has 122 valence electrons. The first kappa shape index (κ1) is 15.4. The molecule has 0 saturated carbocycles. The summed E-state index contributed by atoms with van der Waals surface area (Å²) in [6, 6.07) is 7.69. The summed E-state index contributed by atoms with van der Waals surface area (Å²) in [6.45, 7) is 6.94. The molecule has 1 amide bonds. The number of ether oxygens (including phenoxy) is 2. The van der Waals surface area contributed by atoms with Crippen molar-refractivity contribution in [3.8, 4) is 22.8 Å². The Kier molecular flexibility index (Phi) is 4.23. The minimum atomic E-state index is -0.145. The molecule has 2 heterocycles. The molecule has 1 aliphatic heterocycles. The van der Waals surface area contributed by atoms with E-state index in [1.165, 1.54) is 0 Å². The van der Waals surface area contributed by atoms with Crippen LogP contribution in [-0.4, -0.2) is 28.5 Å². The molecular formula is C17H21N3O3. The third-order valence-electron chi connectivity index (χ3n) is 3.97. The first-order valence-corrected chi connectivity index (χ1v) is 7.91. The Morgan fingerprint density at radius 2 is 2.09 bits per heavy atom. The molecule has 0 spiro atoms. The van der Waals surface area contributed by atoms with E-state index in [4.69, 9.17) is 9.47 Å². The molecule has 0 saturated heterocycles. The minimum Gasteiger partial charge on any atom is -0.454 e. The Bertz CT molecular complexity index is 724. The van der Waals surface area contributed by atoms with E-state index < -0.39 is 0 Å². The fourth-order valence-corrected chi connectivity index (χ4v) is 2.46. The lowest BCUT2D eigenvalue weighted by Crippen LogP contribution is -2.32. The van der Waals surface area contributed by atoms with Gasteiger partial charge in [0.15, 0.2) is 17.2 Å². The number of aryl methyl sites for hydroxylation is 1. The van der Waals surface area contributed by atoms with Gasteiger partial charge in [-0.25, -0.2) is 0 Å². The number of nitrogens with one attached hydrogen (secondary N) is 1. The van der Waals surface area contributed by atoms with Gasteiger partial charge < -0.3 is 14.8 Å². The molecule has 0 unspecified atom stereocenters. The Labute approximate surface area is 135 Å². The van der Waals surface area contributed by atoms with Crippen molar-refractivity contribution in [2.75, 3.05) is 6.79 Å². The van der Waals surface area contributed by atoms with Crippen molar-refractivity contribution in [3.05, 3.63) is 30.0 Å². The highest BCUT2D eigenvalue weighted by molar-refractivity contribution is 5.93. The third-order valence-corrected chi connectivity index (χ3v) is 3.97. The first-order valence-electron chi connectivity index (χ1n) is 7.91. The smallest absolute Gasteiger partial charge is 0.272 e. The van der Waals surface area contributed by atoms with E-state index in [0.717, 1.165) is 29.2 Å². The van der Waals surface area contributed by atoms with E-state index >= 15 is 0 Å². The zero-order valence-electron chi connectivity index (χ0n) is 13.6. The monoisotopic (exact) mass is 315 g/mol. The molecule has 0 bridgehead atoms. The number of rotatable bonds is 5. The van der Waals surface area contributed by atoms with Gasteiger partial charge in [0, 0.05) is 18.2 Å². The van der Waals surface area contributed by atoms with Crippen molar-refractivity contribution in [1.82, 2.24) is 15.1 Å². The van der Waals surface area contributed by atoms with Crippen molar-refractivity contribution >= 4 is 5.91 Å². The summed E-state index contributed by atoms with van der Waals surface area (Å²) in [4.78, 5) is 12.3. The van der Waals surface area contributed by atoms with Crippen LogP contribution >= 0.6 is 0 Å². The maximum Gasteiger partial charge on any atom is 0.272 e. The van der Waals surface area contributed by atoms with Crippen LogP contribution in [0.5, 0.6) is 11.5 Å². The highest BCUT2D eigenvalue weighted by Gasteiger charge is 2.19. The summed E-state index contributed by atoms with van der Waals surface area (Å²) in [5, 5.41) is 7.36. The quantitative estimate of drug-likeness (QED) is 0.921. The van der Waals surface area contributed by atoms with Gasteiger partial charge in [0.25, 0.3) is 5.91 Å². The van der Waals surface area contributed by atoms with E-state index in [1.54, 1.807) is 0 Å². The number of carbonyl (C=O) groups excluding carboxylic acids is 1. The number of nitrogens with zero attached hydrogens (tertiary/aromatic N) is 2. The van der Waals surface area contributed by atoms with Gasteiger partial charge in [0.2, 0.25) is 6.79 Å². The van der Waals surface area contributed by atoms with Crippen LogP contribution in [0.1, 0.15) is 37.7 Å². The Morgan fingerprint density at radius 3 is 2.83 bits per heavy atom. The molecular weight excluding hydrogens is 294 g/mol. The van der Waals surface area contributed by atoms with Gasteiger partial charge in [0.1, 0.15) is 0 Å².